The Morgan fingerprint density at radius 2 is 2.15 bits per heavy atom. The number of rotatable bonds is 9. The van der Waals surface area contributed by atoms with E-state index in [1.165, 1.54) is 13.3 Å². The number of nitrogen functional groups attached to an aromatic ring is 1. The molecule has 1 fully saturated rings. The molecule has 4 N–H and O–H groups in total. The number of alkyl halides is 2. The molecule has 0 aromatic carbocycles. The summed E-state index contributed by atoms with van der Waals surface area (Å²) in [6.45, 7) is 2.95. The van der Waals surface area contributed by atoms with Gasteiger partial charge in [0.25, 0.3) is 14.0 Å². The molecule has 3 rings (SSSR count). The SMILES string of the molecule is CCOC(=O)[C@@H](C)N[PH](=O)OC[C@@]1(F)O[C@@H](n2cnc3c(N(C)C)nc(N)nc32)[C@](C)(F)[C@@H]1O. The highest BCUT2D eigenvalue weighted by molar-refractivity contribution is 7.36. The predicted octanol–water partition coefficient (Wildman–Crippen LogP) is 0.706. The zero-order valence-electron chi connectivity index (χ0n) is 19.3. The van der Waals surface area contributed by atoms with Crippen LogP contribution in [0.5, 0.6) is 0 Å². The molecule has 1 unspecified atom stereocenters. The molecule has 0 aliphatic carbocycles. The topological polar surface area (TPSA) is 167 Å². The molecule has 34 heavy (non-hydrogen) atoms. The summed E-state index contributed by atoms with van der Waals surface area (Å²) in [4.78, 5) is 25.6. The summed E-state index contributed by atoms with van der Waals surface area (Å²) in [5, 5.41) is 12.8. The molecule has 13 nitrogen and oxygen atoms in total. The largest absolute Gasteiger partial charge is 0.465 e. The number of ether oxygens (including phenoxy) is 2. The number of esters is 1. The van der Waals surface area contributed by atoms with Crippen LogP contribution in [-0.4, -0.2) is 81.6 Å². The Kier molecular flexibility index (Phi) is 7.43. The Labute approximate surface area is 194 Å². The lowest BCUT2D eigenvalue weighted by Gasteiger charge is -2.25. The number of nitrogens with zero attached hydrogens (tertiary/aromatic N) is 5. The van der Waals surface area contributed by atoms with Crippen molar-refractivity contribution in [1.29, 1.82) is 0 Å². The van der Waals surface area contributed by atoms with Gasteiger partial charge in [-0.05, 0) is 20.8 Å². The van der Waals surface area contributed by atoms with E-state index in [2.05, 4.69) is 20.0 Å². The van der Waals surface area contributed by atoms with E-state index in [4.69, 9.17) is 19.7 Å². The van der Waals surface area contributed by atoms with Crippen LogP contribution in [0.4, 0.5) is 20.5 Å². The third kappa shape index (κ3) is 4.84. The maximum absolute atomic E-state index is 15.6. The normalized spacial score (nSPS) is 28.7. The number of aliphatic hydroxyl groups excluding tert-OH is 1. The number of anilines is 2. The number of aromatic nitrogens is 4. The Hall–Kier alpha value is -2.45. The van der Waals surface area contributed by atoms with Crippen molar-refractivity contribution in [2.45, 2.75) is 50.7 Å². The highest BCUT2D eigenvalue weighted by atomic mass is 31.1. The fourth-order valence-electron chi connectivity index (χ4n) is 3.47. The molecule has 0 spiro atoms. The second-order valence-electron chi connectivity index (χ2n) is 8.13. The Balaban J connectivity index is 1.82. The molecule has 0 amide bonds. The molecule has 2 aromatic rings. The van der Waals surface area contributed by atoms with E-state index in [-0.39, 0.29) is 23.7 Å². The van der Waals surface area contributed by atoms with Crippen LogP contribution in [0.25, 0.3) is 11.2 Å². The number of nitrogens with one attached hydrogen (secondary N) is 1. The Morgan fingerprint density at radius 3 is 2.76 bits per heavy atom. The second-order valence-corrected chi connectivity index (χ2v) is 9.28. The van der Waals surface area contributed by atoms with Gasteiger partial charge in [-0.1, -0.05) is 0 Å². The fourth-order valence-corrected chi connectivity index (χ4v) is 4.36. The van der Waals surface area contributed by atoms with Crippen molar-refractivity contribution in [1.82, 2.24) is 24.6 Å². The second kappa shape index (κ2) is 9.66. The van der Waals surface area contributed by atoms with Crippen LogP contribution in [0, 0.1) is 0 Å². The minimum Gasteiger partial charge on any atom is -0.465 e. The van der Waals surface area contributed by atoms with Gasteiger partial charge >= 0.3 is 5.97 Å². The lowest BCUT2D eigenvalue weighted by Crippen LogP contribution is -2.46. The molecular formula is C18H28F2N7O6P. The third-order valence-electron chi connectivity index (χ3n) is 5.20. The first kappa shape index (κ1) is 26.2. The van der Waals surface area contributed by atoms with Crippen LogP contribution in [0.2, 0.25) is 0 Å². The van der Waals surface area contributed by atoms with Gasteiger partial charge in [0.05, 0.1) is 12.9 Å². The van der Waals surface area contributed by atoms with Gasteiger partial charge in [-0.3, -0.25) is 13.9 Å². The maximum Gasteiger partial charge on any atom is 0.323 e. The summed E-state index contributed by atoms with van der Waals surface area (Å²) in [7, 11) is 0.208. The lowest BCUT2D eigenvalue weighted by atomic mass is 9.97. The van der Waals surface area contributed by atoms with Crippen LogP contribution in [-0.2, 0) is 23.4 Å². The maximum atomic E-state index is 15.6. The Bertz CT molecular complexity index is 1090. The standard InChI is InChI=1S/C18H28F2N7O6P/c1-6-31-13(28)9(2)25-34(30)32-7-18(20)14(29)17(3,19)15(33-18)27-8-22-10-11(26(4)5)23-16(21)24-12(10)27/h8-9,14-15,29,34H,6-7H2,1-5H3,(H,25,30)(H2,21,23,24)/t9-,14+,15-,17-,18-/m1/s1. The summed E-state index contributed by atoms with van der Waals surface area (Å²) >= 11 is 0. The van der Waals surface area contributed by atoms with E-state index in [1.807, 2.05) is 0 Å². The molecule has 0 saturated carbocycles. The molecule has 0 bridgehead atoms. The van der Waals surface area contributed by atoms with Crippen LogP contribution < -0.4 is 15.7 Å². The average Bonchev–Trinajstić information content (AvgIpc) is 3.24. The molecule has 2 aromatic heterocycles. The first-order valence-corrected chi connectivity index (χ1v) is 11.6. The first-order valence-electron chi connectivity index (χ1n) is 10.3. The number of imidazole rings is 1. The predicted molar refractivity (Wildman–Crippen MR) is 118 cm³/mol. The van der Waals surface area contributed by atoms with Crippen LogP contribution in [0.1, 0.15) is 27.0 Å². The van der Waals surface area contributed by atoms with Gasteiger partial charge in [0.15, 0.2) is 35.0 Å². The number of halogens is 2. The van der Waals surface area contributed by atoms with Gasteiger partial charge in [-0.25, -0.2) is 18.9 Å². The van der Waals surface area contributed by atoms with E-state index in [1.54, 1.807) is 25.9 Å². The fraction of sp³-hybridized carbons (Fsp3) is 0.667. The molecule has 0 radical (unpaired) electrons. The molecule has 3 heterocycles. The highest BCUT2D eigenvalue weighted by Crippen LogP contribution is 2.49. The van der Waals surface area contributed by atoms with E-state index in [0.717, 1.165) is 11.5 Å². The molecule has 1 saturated heterocycles. The zero-order chi connectivity index (χ0) is 25.4. The van der Waals surface area contributed by atoms with Crippen LogP contribution in [0.15, 0.2) is 6.33 Å². The summed E-state index contributed by atoms with van der Waals surface area (Å²) in [6, 6.07) is -0.996. The number of hydrogen-bond acceptors (Lipinski definition) is 11. The molecule has 190 valence electrons. The van der Waals surface area contributed by atoms with Gasteiger partial charge in [-0.15, -0.1) is 0 Å². The van der Waals surface area contributed by atoms with E-state index in [9.17, 15) is 14.5 Å². The zero-order valence-corrected chi connectivity index (χ0v) is 20.3. The van der Waals surface area contributed by atoms with Gasteiger partial charge in [-0.2, -0.15) is 9.97 Å². The average molecular weight is 507 g/mol. The smallest absolute Gasteiger partial charge is 0.323 e. The van der Waals surface area contributed by atoms with Crippen LogP contribution in [0.3, 0.4) is 0 Å². The molecule has 1 aliphatic rings. The molecule has 1 aliphatic heterocycles. The molecule has 6 atom stereocenters. The van der Waals surface area contributed by atoms with Crippen LogP contribution >= 0.6 is 8.18 Å². The van der Waals surface area contributed by atoms with Crippen molar-refractivity contribution < 1.29 is 37.2 Å². The van der Waals surface area contributed by atoms with Crippen molar-refractivity contribution in [3.8, 4) is 0 Å². The highest BCUT2D eigenvalue weighted by Gasteiger charge is 2.64. The number of hydrogen-bond donors (Lipinski definition) is 3. The van der Waals surface area contributed by atoms with Crippen molar-refractivity contribution in [3.05, 3.63) is 6.33 Å². The van der Waals surface area contributed by atoms with E-state index in [0.29, 0.717) is 5.82 Å². The van der Waals surface area contributed by atoms with Gasteiger partial charge in [0.1, 0.15) is 12.6 Å². The molecular weight excluding hydrogens is 479 g/mol. The van der Waals surface area contributed by atoms with Gasteiger partial charge < -0.3 is 29.7 Å². The first-order chi connectivity index (χ1) is 15.8. The number of fused-ring (bicyclic) bond motifs is 1. The van der Waals surface area contributed by atoms with Crippen molar-refractivity contribution in [2.24, 2.45) is 0 Å². The summed E-state index contributed by atoms with van der Waals surface area (Å²) in [5.74, 6) is -3.55. The van der Waals surface area contributed by atoms with Crippen molar-refractivity contribution >= 4 is 37.1 Å². The number of aliphatic hydroxyl groups is 1. The minimum atomic E-state index is -3.18. The summed E-state index contributed by atoms with van der Waals surface area (Å²) in [5.41, 5.74) is 3.39. The van der Waals surface area contributed by atoms with E-state index < -0.39 is 50.7 Å². The molecule has 16 heteroatoms. The third-order valence-corrected chi connectivity index (χ3v) is 6.28. The minimum absolute atomic E-state index is 0.0564. The van der Waals surface area contributed by atoms with Gasteiger partial charge in [0.2, 0.25) is 5.95 Å². The lowest BCUT2D eigenvalue weighted by molar-refractivity contribution is -0.201. The summed E-state index contributed by atoms with van der Waals surface area (Å²) in [6.07, 6.45) is -2.88. The van der Waals surface area contributed by atoms with Gasteiger partial charge in [0, 0.05) is 14.1 Å². The van der Waals surface area contributed by atoms with Crippen molar-refractivity contribution in [3.63, 3.8) is 0 Å². The van der Waals surface area contributed by atoms with Crippen molar-refractivity contribution in [2.75, 3.05) is 37.9 Å². The number of carbonyl (C=O) groups is 1. The quantitative estimate of drug-likeness (QED) is 0.322. The monoisotopic (exact) mass is 507 g/mol. The summed E-state index contributed by atoms with van der Waals surface area (Å²) < 4.78 is 59.3. The number of carbonyl (C=O) groups excluding carboxylic acids is 1. The Morgan fingerprint density at radius 1 is 1.47 bits per heavy atom. The van der Waals surface area contributed by atoms with E-state index >= 15 is 8.78 Å². The number of nitrogens with two attached hydrogens (primary N) is 1.